The van der Waals surface area contributed by atoms with Crippen molar-refractivity contribution in [1.29, 1.82) is 0 Å². The van der Waals surface area contributed by atoms with Gasteiger partial charge in [0.15, 0.2) is 5.75 Å². The third kappa shape index (κ3) is 7.26. The summed E-state index contributed by atoms with van der Waals surface area (Å²) in [6, 6.07) is 35.5. The minimum absolute atomic E-state index is 0.0581. The normalized spacial score (nSPS) is 22.5. The maximum absolute atomic E-state index is 14.3. The van der Waals surface area contributed by atoms with Gasteiger partial charge in [-0.1, -0.05) is 84.9 Å². The number of aromatic nitrogens is 4. The lowest BCUT2D eigenvalue weighted by molar-refractivity contribution is -0.138. The number of rotatable bonds is 11. The van der Waals surface area contributed by atoms with Gasteiger partial charge in [-0.15, -0.1) is 0 Å². The number of nitrogens with zero attached hydrogens (tertiary/aromatic N) is 5. The highest BCUT2D eigenvalue weighted by Crippen LogP contribution is 2.55. The molecule has 4 fully saturated rings. The number of imidazole rings is 2. The third-order valence-corrected chi connectivity index (χ3v) is 13.6. The Hall–Kier alpha value is -7.68. The largest absolute Gasteiger partial charge is 0.465 e. The highest BCUT2D eigenvalue weighted by molar-refractivity contribution is 5.90. The summed E-state index contributed by atoms with van der Waals surface area (Å²) in [5.41, 5.74) is 6.28. The van der Waals surface area contributed by atoms with E-state index < -0.39 is 24.3 Å². The average molecular weight is 871 g/mol. The number of hydrogen-bond donors (Lipinski definition) is 4. The van der Waals surface area contributed by atoms with Crippen molar-refractivity contribution in [3.8, 4) is 22.6 Å². The second kappa shape index (κ2) is 15.8. The Bertz CT molecular complexity index is 2970. The summed E-state index contributed by atoms with van der Waals surface area (Å²) in [4.78, 5) is 75.0. The van der Waals surface area contributed by atoms with E-state index in [1.807, 2.05) is 119 Å². The first kappa shape index (κ1) is 40.1. The highest BCUT2D eigenvalue weighted by atomic mass is 16.5. The number of alkyl carbamates (subject to hydrolysis) is 1. The van der Waals surface area contributed by atoms with Gasteiger partial charge in [0.1, 0.15) is 35.0 Å². The Labute approximate surface area is 373 Å². The number of amides is 4. The van der Waals surface area contributed by atoms with Crippen LogP contribution in [-0.4, -0.2) is 90.0 Å². The van der Waals surface area contributed by atoms with Crippen molar-refractivity contribution in [3.63, 3.8) is 0 Å². The molecule has 2 aliphatic carbocycles. The zero-order valence-corrected chi connectivity index (χ0v) is 35.6. The van der Waals surface area contributed by atoms with Crippen LogP contribution in [0, 0.1) is 11.8 Å². The van der Waals surface area contributed by atoms with Crippen LogP contribution in [0.15, 0.2) is 121 Å². The van der Waals surface area contributed by atoms with Crippen LogP contribution < -0.4 is 10.1 Å². The summed E-state index contributed by atoms with van der Waals surface area (Å²) >= 11 is 0. The summed E-state index contributed by atoms with van der Waals surface area (Å²) < 4.78 is 11.3. The van der Waals surface area contributed by atoms with Crippen molar-refractivity contribution in [2.45, 2.75) is 61.9 Å². The second-order valence-electron chi connectivity index (χ2n) is 17.6. The molecule has 65 heavy (non-hydrogen) atoms. The van der Waals surface area contributed by atoms with Crippen molar-refractivity contribution >= 4 is 46.1 Å². The SMILES string of the molecule is COC(=O)NC(C(=O)N1[C@@H]2C[C@H]2C[C@H]1c1nc2c(Oc3ccc(-c4ccc5[nH]c([C@@H]6C[C@H]7C[C@H]7N6C(=O)C(c6ccccc6)N(C)C(=O)O)nc5c4)cc3)cccc2[nH]1)c1ccccc1. The summed E-state index contributed by atoms with van der Waals surface area (Å²) in [6.07, 6.45) is 1.50. The molecule has 2 aromatic heterocycles. The van der Waals surface area contributed by atoms with Gasteiger partial charge in [-0.2, -0.15) is 0 Å². The lowest BCUT2D eigenvalue weighted by Gasteiger charge is -2.33. The van der Waals surface area contributed by atoms with Gasteiger partial charge in [-0.05, 0) is 96.2 Å². The number of carboxylic acid groups (broad SMARTS) is 1. The van der Waals surface area contributed by atoms with Crippen molar-refractivity contribution in [2.24, 2.45) is 11.8 Å². The maximum atomic E-state index is 14.3. The predicted octanol–water partition coefficient (Wildman–Crippen LogP) is 8.67. The molecule has 0 bridgehead atoms. The third-order valence-electron chi connectivity index (χ3n) is 13.6. The molecule has 5 aromatic carbocycles. The summed E-state index contributed by atoms with van der Waals surface area (Å²) in [7, 11) is 2.73. The topological polar surface area (TPSA) is 186 Å². The molecule has 15 nitrogen and oxygen atoms in total. The van der Waals surface area contributed by atoms with Crippen molar-refractivity contribution in [1.82, 2.24) is 40.0 Å². The molecule has 11 rings (SSSR count). The minimum Gasteiger partial charge on any atom is -0.465 e. The number of carbonyl (C=O) groups is 4. The molecule has 4 N–H and O–H groups in total. The van der Waals surface area contributed by atoms with Gasteiger partial charge >= 0.3 is 12.2 Å². The predicted molar refractivity (Wildman–Crippen MR) is 240 cm³/mol. The van der Waals surface area contributed by atoms with Crippen molar-refractivity contribution in [3.05, 3.63) is 144 Å². The molecule has 2 saturated heterocycles. The van der Waals surface area contributed by atoms with Crippen LogP contribution in [-0.2, 0) is 14.3 Å². The van der Waals surface area contributed by atoms with Gasteiger partial charge in [-0.25, -0.2) is 19.6 Å². The van der Waals surface area contributed by atoms with E-state index in [2.05, 4.69) is 15.3 Å². The highest BCUT2D eigenvalue weighted by Gasteiger charge is 2.57. The number of nitrogens with one attached hydrogen (secondary N) is 3. The van der Waals surface area contributed by atoms with Crippen molar-refractivity contribution in [2.75, 3.05) is 14.2 Å². The zero-order chi connectivity index (χ0) is 44.5. The summed E-state index contributed by atoms with van der Waals surface area (Å²) in [5.74, 6) is 2.83. The molecule has 328 valence electrons. The van der Waals surface area contributed by atoms with E-state index in [1.165, 1.54) is 14.2 Å². The number of H-pyrrole nitrogens is 2. The van der Waals surface area contributed by atoms with E-state index in [1.54, 1.807) is 12.1 Å². The van der Waals surface area contributed by atoms with Gasteiger partial charge in [0.25, 0.3) is 11.8 Å². The van der Waals surface area contributed by atoms with Crippen molar-refractivity contribution < 1.29 is 33.8 Å². The lowest BCUT2D eigenvalue weighted by atomic mass is 10.0. The molecule has 0 spiro atoms. The smallest absolute Gasteiger partial charge is 0.407 e. The summed E-state index contributed by atoms with van der Waals surface area (Å²) in [6.45, 7) is 0. The Morgan fingerprint density at radius 2 is 1.32 bits per heavy atom. The first-order valence-electron chi connectivity index (χ1n) is 21.9. The molecule has 15 heteroatoms. The fourth-order valence-corrected chi connectivity index (χ4v) is 10.2. The molecule has 8 atom stereocenters. The number of fused-ring (bicyclic) bond motifs is 4. The summed E-state index contributed by atoms with van der Waals surface area (Å²) in [5, 5.41) is 12.7. The number of carbonyl (C=O) groups excluding carboxylic acids is 3. The van der Waals surface area contributed by atoms with Gasteiger partial charge < -0.3 is 39.7 Å². The van der Waals surface area contributed by atoms with Crippen LogP contribution in [0.1, 0.15) is 72.6 Å². The number of para-hydroxylation sites is 1. The molecule has 4 heterocycles. The van der Waals surface area contributed by atoms with Gasteiger partial charge in [0.2, 0.25) is 0 Å². The molecule has 2 unspecified atom stereocenters. The number of aromatic amines is 2. The van der Waals surface area contributed by atoms with Crippen LogP contribution in [0.3, 0.4) is 0 Å². The van der Waals surface area contributed by atoms with E-state index >= 15 is 0 Å². The number of hydrogen-bond acceptors (Lipinski definition) is 8. The van der Waals surface area contributed by atoms with Gasteiger partial charge in [-0.3, -0.25) is 14.5 Å². The second-order valence-corrected chi connectivity index (χ2v) is 17.6. The van der Waals surface area contributed by atoms with Crippen LogP contribution in [0.2, 0.25) is 0 Å². The van der Waals surface area contributed by atoms with Crippen LogP contribution in [0.25, 0.3) is 33.2 Å². The molecule has 2 aliphatic heterocycles. The fourth-order valence-electron chi connectivity index (χ4n) is 10.2. The Kier molecular flexibility index (Phi) is 9.78. The number of ether oxygens (including phenoxy) is 2. The van der Waals surface area contributed by atoms with Gasteiger partial charge in [0.05, 0.1) is 35.7 Å². The lowest BCUT2D eigenvalue weighted by Crippen LogP contribution is -2.44. The van der Waals surface area contributed by atoms with E-state index in [4.69, 9.17) is 19.4 Å². The number of likely N-dealkylation sites (N-methyl/N-ethyl adjacent to an activating group) is 1. The standard InChI is InChI=1S/C50H46N8O7/c1-56(50(62)63)44(29-12-7-4-8-13-29)48(60)58-38-24-32(38)25-39(58)45-51-34-21-18-30(22-36(34)53-45)27-16-19-33(20-17-27)65-41-15-9-14-35-43(41)54-46(52-35)40-26-31-23-37(31)57(40)47(59)42(55-49(61)64-2)28-10-5-3-6-11-28/h3-22,31-32,37-40,42,44H,23-26H2,1-2H3,(H,51,53)(H,52,54)(H,55,61)(H,62,63)/t31-,32+,37+,38+,39-,40-,42?,44?/m0/s1. The molecular weight excluding hydrogens is 825 g/mol. The van der Waals surface area contributed by atoms with Gasteiger partial charge in [0, 0.05) is 19.1 Å². The van der Waals surface area contributed by atoms with E-state index in [9.17, 15) is 24.3 Å². The first-order valence-corrected chi connectivity index (χ1v) is 21.9. The van der Waals surface area contributed by atoms with E-state index in [0.717, 1.165) is 58.3 Å². The number of likely N-dealkylation sites (tertiary alicyclic amines) is 2. The number of benzene rings is 5. The molecule has 2 saturated carbocycles. The Morgan fingerprint density at radius 3 is 1.98 bits per heavy atom. The minimum atomic E-state index is -1.17. The first-order chi connectivity index (χ1) is 31.6. The van der Waals surface area contributed by atoms with E-state index in [0.29, 0.717) is 51.6 Å². The average Bonchev–Trinajstić information content (AvgIpc) is 3.98. The van der Waals surface area contributed by atoms with Crippen LogP contribution in [0.4, 0.5) is 9.59 Å². The molecular formula is C50H46N8O7. The molecule has 7 aromatic rings. The zero-order valence-electron chi connectivity index (χ0n) is 35.6. The quantitative estimate of drug-likeness (QED) is 0.0987. The van der Waals surface area contributed by atoms with E-state index in [-0.39, 0.29) is 36.0 Å². The number of methoxy groups -OCH3 is 1. The Morgan fingerprint density at radius 1 is 0.708 bits per heavy atom. The maximum Gasteiger partial charge on any atom is 0.407 e. The fraction of sp³-hybridized carbons (Fsp3) is 0.280. The van der Waals surface area contributed by atoms with Crippen LogP contribution in [0.5, 0.6) is 11.5 Å². The Balaban J connectivity index is 0.810. The monoisotopic (exact) mass is 870 g/mol. The molecule has 0 radical (unpaired) electrons. The number of piperidine rings is 2. The van der Waals surface area contributed by atoms with Crippen LogP contribution >= 0.6 is 0 Å². The molecule has 4 aliphatic rings. The molecule has 4 amide bonds.